The normalized spacial score (nSPS) is 11.2. The lowest BCUT2D eigenvalue weighted by atomic mass is 10.0. The lowest BCUT2D eigenvalue weighted by Gasteiger charge is -2.22. The molecule has 6 heteroatoms. The fraction of sp³-hybridized carbons (Fsp3) is 0.600. The zero-order valence-corrected chi connectivity index (χ0v) is 26.2. The number of unbranched alkanes of at least 4 members (excludes halogenated alkanes) is 12. The maximum atomic E-state index is 6.25. The average molecular weight is 569 g/mol. The topological polar surface area (TPSA) is 18.5 Å². The van der Waals surface area contributed by atoms with Crippen LogP contribution in [0.1, 0.15) is 115 Å². The Morgan fingerprint density at radius 1 is 0.583 bits per heavy atom. The van der Waals surface area contributed by atoms with E-state index in [0.29, 0.717) is 0 Å². The van der Waals surface area contributed by atoms with Gasteiger partial charge >= 0.3 is 5.69 Å². The fourth-order valence-electron chi connectivity index (χ4n) is 4.41. The molecule has 36 heavy (non-hydrogen) atoms. The van der Waals surface area contributed by atoms with E-state index in [1.54, 1.807) is 0 Å². The molecule has 0 fully saturated rings. The Morgan fingerprint density at radius 3 is 1.31 bits per heavy atom. The zero-order chi connectivity index (χ0) is 25.2. The number of thiol groups is 1. The van der Waals surface area contributed by atoms with Gasteiger partial charge < -0.3 is 9.05 Å². The van der Waals surface area contributed by atoms with Crippen LogP contribution in [0.15, 0.2) is 48.5 Å². The Morgan fingerprint density at radius 2 is 0.917 bits per heavy atom. The molecular formula is C30H49O2PS3. The van der Waals surface area contributed by atoms with Gasteiger partial charge in [-0.1, -0.05) is 140 Å². The number of hydrogen-bond acceptors (Lipinski definition) is 3. The molecule has 0 saturated heterocycles. The summed E-state index contributed by atoms with van der Waals surface area (Å²) in [6.07, 6.45) is 20.2. The largest absolute Gasteiger partial charge is 0.428 e. The molecule has 0 unspecified atom stereocenters. The molecule has 0 spiro atoms. The summed E-state index contributed by atoms with van der Waals surface area (Å²) in [6.45, 7) is 4.53. The van der Waals surface area contributed by atoms with Gasteiger partial charge in [0.1, 0.15) is 11.5 Å². The Balaban J connectivity index is 0.00000648. The molecule has 0 aliphatic heterocycles. The quantitative estimate of drug-likeness (QED) is 0.0973. The molecule has 204 valence electrons. The van der Waals surface area contributed by atoms with Crippen LogP contribution in [0.3, 0.4) is 0 Å². The van der Waals surface area contributed by atoms with E-state index in [1.165, 1.54) is 101 Å². The summed E-state index contributed by atoms with van der Waals surface area (Å²) in [4.78, 5) is 0. The van der Waals surface area contributed by atoms with Crippen LogP contribution in [0, 0.1) is 0 Å². The Bertz CT molecular complexity index is 807. The van der Waals surface area contributed by atoms with E-state index in [2.05, 4.69) is 38.1 Å². The molecule has 2 aromatic rings. The van der Waals surface area contributed by atoms with Crippen LogP contribution < -0.4 is 9.05 Å². The Labute approximate surface area is 239 Å². The highest BCUT2D eigenvalue weighted by atomic mass is 32.9. The summed E-state index contributed by atoms with van der Waals surface area (Å²) >= 11 is 10.4. The van der Waals surface area contributed by atoms with E-state index in [9.17, 15) is 0 Å². The molecule has 0 aliphatic rings. The van der Waals surface area contributed by atoms with Crippen LogP contribution in [0.25, 0.3) is 0 Å². The van der Waals surface area contributed by atoms with E-state index in [0.717, 1.165) is 24.3 Å². The summed E-state index contributed by atoms with van der Waals surface area (Å²) in [5.41, 5.74) is -0.381. The summed E-state index contributed by atoms with van der Waals surface area (Å²) in [5.74, 6) is 1.64. The van der Waals surface area contributed by atoms with Crippen LogP contribution in [-0.2, 0) is 24.6 Å². The number of benzene rings is 2. The van der Waals surface area contributed by atoms with E-state index < -0.39 is 5.69 Å². The van der Waals surface area contributed by atoms with Crippen molar-refractivity contribution >= 4 is 43.2 Å². The summed E-state index contributed by atoms with van der Waals surface area (Å²) in [6, 6.07) is 16.4. The van der Waals surface area contributed by atoms with Gasteiger partial charge in [-0.25, -0.2) is 0 Å². The van der Waals surface area contributed by atoms with E-state index >= 15 is 0 Å². The minimum absolute atomic E-state index is 0. The van der Waals surface area contributed by atoms with Crippen LogP contribution in [0.5, 0.6) is 11.5 Å². The summed E-state index contributed by atoms with van der Waals surface area (Å²) in [7, 11) is 0. The van der Waals surface area contributed by atoms with E-state index in [4.69, 9.17) is 33.1 Å². The molecule has 0 amide bonds. The molecule has 2 aromatic carbocycles. The Kier molecular flexibility index (Phi) is 18.9. The first-order chi connectivity index (χ1) is 17.1. The highest BCUT2D eigenvalue weighted by molar-refractivity contribution is 8.60. The van der Waals surface area contributed by atoms with Crippen molar-refractivity contribution in [3.05, 3.63) is 59.7 Å². The maximum absolute atomic E-state index is 6.25. The maximum Gasteiger partial charge on any atom is 0.345 e. The van der Waals surface area contributed by atoms with Gasteiger partial charge in [-0.3, -0.25) is 0 Å². The highest BCUT2D eigenvalue weighted by Crippen LogP contribution is 2.54. The molecule has 0 bridgehead atoms. The second kappa shape index (κ2) is 20.4. The van der Waals surface area contributed by atoms with Crippen molar-refractivity contribution in [1.29, 1.82) is 0 Å². The van der Waals surface area contributed by atoms with Crippen molar-refractivity contribution in [2.24, 2.45) is 0 Å². The molecule has 0 heterocycles. The molecule has 0 saturated carbocycles. The van der Waals surface area contributed by atoms with Crippen LogP contribution in [0.2, 0.25) is 0 Å². The van der Waals surface area contributed by atoms with Gasteiger partial charge in [-0.15, -0.1) is 0 Å². The first-order valence-electron chi connectivity index (χ1n) is 13.9. The van der Waals surface area contributed by atoms with Gasteiger partial charge in [-0.2, -0.15) is 13.5 Å². The smallest absolute Gasteiger partial charge is 0.345 e. The number of aryl methyl sites for hydroxylation is 2. The first kappa shape index (κ1) is 33.4. The molecule has 2 rings (SSSR count). The van der Waals surface area contributed by atoms with Crippen molar-refractivity contribution in [3.63, 3.8) is 0 Å². The van der Waals surface area contributed by atoms with Gasteiger partial charge in [0.05, 0.1) is 0 Å². The minimum atomic E-state index is -2.78. The number of para-hydroxylation sites is 2. The second-order valence-electron chi connectivity index (χ2n) is 9.61. The SMILES string of the molecule is CCCCCCCCCc1ccccc1OP(=S)(S)Oc1ccccc1CCCCCCCCC.S. The molecule has 0 aliphatic carbocycles. The highest BCUT2D eigenvalue weighted by Gasteiger charge is 2.20. The monoisotopic (exact) mass is 568 g/mol. The van der Waals surface area contributed by atoms with Crippen molar-refractivity contribution in [2.75, 3.05) is 0 Å². The average Bonchev–Trinajstić information content (AvgIpc) is 2.84. The number of hydrogen-bond donors (Lipinski definition) is 1. The third-order valence-corrected chi connectivity index (χ3v) is 8.26. The third-order valence-electron chi connectivity index (χ3n) is 6.47. The predicted molar refractivity (Wildman–Crippen MR) is 171 cm³/mol. The molecular weight excluding hydrogens is 520 g/mol. The fourth-order valence-corrected chi connectivity index (χ4v) is 6.31. The van der Waals surface area contributed by atoms with Crippen molar-refractivity contribution in [3.8, 4) is 11.5 Å². The van der Waals surface area contributed by atoms with Gasteiger partial charge in [0.2, 0.25) is 0 Å². The minimum Gasteiger partial charge on any atom is -0.428 e. The van der Waals surface area contributed by atoms with Crippen molar-refractivity contribution < 1.29 is 9.05 Å². The Hall–Kier alpha value is -0.610. The van der Waals surface area contributed by atoms with Gasteiger partial charge in [0.25, 0.3) is 0 Å². The van der Waals surface area contributed by atoms with Gasteiger partial charge in [0, 0.05) is 0 Å². The lowest BCUT2D eigenvalue weighted by Crippen LogP contribution is -2.00. The lowest BCUT2D eigenvalue weighted by molar-refractivity contribution is 0.496. The van der Waals surface area contributed by atoms with Crippen LogP contribution in [0.4, 0.5) is 0 Å². The summed E-state index contributed by atoms with van der Waals surface area (Å²) in [5, 5.41) is 0. The van der Waals surface area contributed by atoms with E-state index in [1.807, 2.05) is 24.3 Å². The van der Waals surface area contributed by atoms with Gasteiger partial charge in [-0.05, 0) is 60.7 Å². The zero-order valence-electron chi connectivity index (χ0n) is 22.6. The molecule has 0 radical (unpaired) electrons. The summed E-state index contributed by atoms with van der Waals surface area (Å²) < 4.78 is 12.5. The van der Waals surface area contributed by atoms with Crippen molar-refractivity contribution in [2.45, 2.75) is 117 Å². The molecule has 0 aromatic heterocycles. The number of rotatable bonds is 20. The molecule has 0 atom stereocenters. The first-order valence-corrected chi connectivity index (χ1v) is 17.7. The van der Waals surface area contributed by atoms with E-state index in [-0.39, 0.29) is 13.5 Å². The van der Waals surface area contributed by atoms with Crippen LogP contribution >= 0.6 is 31.4 Å². The van der Waals surface area contributed by atoms with Gasteiger partial charge in [0.15, 0.2) is 0 Å². The predicted octanol–water partition coefficient (Wildman–Crippen LogP) is 11.0. The van der Waals surface area contributed by atoms with Crippen molar-refractivity contribution in [1.82, 2.24) is 0 Å². The standard InChI is InChI=1S/C30H47O2PS2.H2S/c1-3-5-7-9-11-13-15-21-27-23-17-19-25-29(27)31-33(34,35)32-30-26-20-18-24-28(30)22-16-14-12-10-8-6-4-2;/h17-20,23-26H,3-16,21-22H2,1-2H3,(H,34,35);1H2. The van der Waals surface area contributed by atoms with Crippen LogP contribution in [-0.4, -0.2) is 0 Å². The molecule has 2 nitrogen and oxygen atoms in total. The molecule has 0 N–H and O–H groups in total. The second-order valence-corrected chi connectivity index (χ2v) is 14.7. The third kappa shape index (κ3) is 14.4.